The summed E-state index contributed by atoms with van der Waals surface area (Å²) in [6.45, 7) is -0.329. The lowest BCUT2D eigenvalue weighted by molar-refractivity contribution is -0.0554. The molecule has 2 rings (SSSR count). The van der Waals surface area contributed by atoms with Gasteiger partial charge in [0.2, 0.25) is 3.73 Å². The van der Waals surface area contributed by atoms with Crippen molar-refractivity contribution in [3.63, 3.8) is 0 Å². The smallest absolute Gasteiger partial charge is 0.331 e. The van der Waals surface area contributed by atoms with Gasteiger partial charge in [-0.05, 0) is 22.6 Å². The predicted molar refractivity (Wildman–Crippen MR) is 65.9 cm³/mol. The van der Waals surface area contributed by atoms with Crippen molar-refractivity contribution in [1.29, 1.82) is 0 Å². The van der Waals surface area contributed by atoms with Crippen molar-refractivity contribution in [2.24, 2.45) is 0 Å². The number of aliphatic hydroxyl groups excluding tert-OH is 2. The third-order valence-corrected chi connectivity index (χ3v) is 3.80. The van der Waals surface area contributed by atoms with Gasteiger partial charge in [-0.15, -0.1) is 0 Å². The average Bonchev–Trinajstić information content (AvgIpc) is 2.54. The maximum Gasteiger partial charge on any atom is 0.331 e. The van der Waals surface area contributed by atoms with Gasteiger partial charge in [0.1, 0.15) is 6.10 Å². The molecule has 0 aliphatic carbocycles. The highest BCUT2D eigenvalue weighted by atomic mass is 127. The van der Waals surface area contributed by atoms with E-state index in [1.165, 1.54) is 16.8 Å². The molecule has 3 N–H and O–H groups in total. The Hall–Kier alpha value is -0.710. The number of rotatable bonds is 2. The van der Waals surface area contributed by atoms with E-state index in [2.05, 4.69) is 4.98 Å². The summed E-state index contributed by atoms with van der Waals surface area (Å²) < 4.78 is 5.54. The van der Waals surface area contributed by atoms with Gasteiger partial charge < -0.3 is 14.9 Å². The van der Waals surface area contributed by atoms with Crippen LogP contribution in [0.25, 0.3) is 0 Å². The fourth-order valence-corrected chi connectivity index (χ4v) is 2.90. The van der Waals surface area contributed by atoms with Gasteiger partial charge >= 0.3 is 5.69 Å². The zero-order valence-corrected chi connectivity index (χ0v) is 10.8. The van der Waals surface area contributed by atoms with Crippen LogP contribution in [0.4, 0.5) is 0 Å². The summed E-state index contributed by atoms with van der Waals surface area (Å²) in [4.78, 5) is 24.7. The van der Waals surface area contributed by atoms with E-state index >= 15 is 0 Å². The van der Waals surface area contributed by atoms with E-state index in [9.17, 15) is 14.7 Å². The zero-order chi connectivity index (χ0) is 12.6. The maximum absolute atomic E-state index is 11.6. The quantitative estimate of drug-likeness (QED) is 0.454. The molecule has 1 aromatic heterocycles. The first-order valence-corrected chi connectivity index (χ1v) is 6.02. The molecule has 8 heteroatoms. The summed E-state index contributed by atoms with van der Waals surface area (Å²) in [5.74, 6) is 0. The molecule has 1 aliphatic rings. The first kappa shape index (κ1) is 12.7. The summed E-state index contributed by atoms with van der Waals surface area (Å²) >= 11 is 1.87. The minimum absolute atomic E-state index is 0.157. The van der Waals surface area contributed by atoms with Crippen LogP contribution in [0.2, 0.25) is 0 Å². The number of hydrogen-bond donors (Lipinski definition) is 3. The molecular weight excluding hydrogens is 343 g/mol. The average molecular weight is 354 g/mol. The van der Waals surface area contributed by atoms with Gasteiger partial charge in [-0.2, -0.15) is 0 Å². The van der Waals surface area contributed by atoms with Crippen molar-refractivity contribution in [1.82, 2.24) is 9.55 Å². The highest BCUT2D eigenvalue weighted by molar-refractivity contribution is 14.1. The molecule has 94 valence electrons. The number of aromatic amines is 1. The van der Waals surface area contributed by atoms with E-state index in [0.29, 0.717) is 0 Å². The van der Waals surface area contributed by atoms with Gasteiger partial charge in [0.05, 0.1) is 12.7 Å². The number of hydrogen-bond acceptors (Lipinski definition) is 5. The summed E-state index contributed by atoms with van der Waals surface area (Å²) in [6.07, 6.45) is -0.119. The van der Waals surface area contributed by atoms with E-state index in [1.807, 2.05) is 22.6 Å². The topological polar surface area (TPSA) is 105 Å². The SMILES string of the molecule is O=c1ccn(C2(I)C[C@H](O)[C@@H](CO)O2)c(=O)[nH]1. The van der Waals surface area contributed by atoms with Crippen LogP contribution in [0, 0.1) is 0 Å². The molecule has 1 saturated heterocycles. The number of ether oxygens (including phenoxy) is 1. The lowest BCUT2D eigenvalue weighted by atomic mass is 10.2. The van der Waals surface area contributed by atoms with Crippen LogP contribution in [0.1, 0.15) is 6.42 Å². The van der Waals surface area contributed by atoms with Crippen LogP contribution in [0.5, 0.6) is 0 Å². The van der Waals surface area contributed by atoms with E-state index in [-0.39, 0.29) is 13.0 Å². The predicted octanol–water partition coefficient (Wildman–Crippen LogP) is -1.28. The molecule has 0 aromatic carbocycles. The molecule has 2 heterocycles. The van der Waals surface area contributed by atoms with E-state index in [4.69, 9.17) is 9.84 Å². The monoisotopic (exact) mass is 354 g/mol. The van der Waals surface area contributed by atoms with Gasteiger partial charge in [0, 0.05) is 18.7 Å². The van der Waals surface area contributed by atoms with E-state index < -0.39 is 27.2 Å². The Labute approximate surface area is 109 Å². The number of alkyl halides is 1. The van der Waals surface area contributed by atoms with Crippen LogP contribution in [-0.4, -0.2) is 38.6 Å². The molecule has 17 heavy (non-hydrogen) atoms. The fourth-order valence-electron chi connectivity index (χ4n) is 1.74. The molecular formula is C9H11IN2O5. The number of halogens is 1. The van der Waals surface area contributed by atoms with Crippen molar-refractivity contribution in [3.8, 4) is 0 Å². The summed E-state index contributed by atoms with van der Waals surface area (Å²) in [7, 11) is 0. The van der Waals surface area contributed by atoms with Crippen LogP contribution in [0.15, 0.2) is 21.9 Å². The molecule has 1 fully saturated rings. The van der Waals surface area contributed by atoms with E-state index in [1.54, 1.807) is 0 Å². The van der Waals surface area contributed by atoms with Crippen molar-refractivity contribution in [2.45, 2.75) is 22.4 Å². The van der Waals surface area contributed by atoms with Gasteiger partial charge in [0.25, 0.3) is 5.56 Å². The van der Waals surface area contributed by atoms with Crippen LogP contribution in [-0.2, 0) is 8.47 Å². The highest BCUT2D eigenvalue weighted by Gasteiger charge is 2.45. The fraction of sp³-hybridized carbons (Fsp3) is 0.556. The molecule has 1 aliphatic heterocycles. The van der Waals surface area contributed by atoms with Gasteiger partial charge in [0.15, 0.2) is 0 Å². The second-order valence-corrected chi connectivity index (χ2v) is 5.47. The summed E-state index contributed by atoms with van der Waals surface area (Å²) in [5, 5.41) is 18.6. The lowest BCUT2D eigenvalue weighted by Gasteiger charge is -2.24. The number of nitrogens with zero attached hydrogens (tertiary/aromatic N) is 1. The Bertz CT molecular complexity index is 527. The van der Waals surface area contributed by atoms with Crippen molar-refractivity contribution < 1.29 is 14.9 Å². The largest absolute Gasteiger partial charge is 0.394 e. The Morgan fingerprint density at radius 1 is 1.65 bits per heavy atom. The van der Waals surface area contributed by atoms with Crippen molar-refractivity contribution >= 4 is 22.6 Å². The molecule has 7 nitrogen and oxygen atoms in total. The minimum Gasteiger partial charge on any atom is -0.394 e. The summed E-state index contributed by atoms with van der Waals surface area (Å²) in [5.41, 5.74) is -1.11. The third kappa shape index (κ3) is 2.30. The molecule has 0 bridgehead atoms. The molecule has 0 spiro atoms. The molecule has 0 amide bonds. The Balaban J connectivity index is 2.40. The molecule has 0 saturated carbocycles. The second-order valence-electron chi connectivity index (χ2n) is 3.78. The highest BCUT2D eigenvalue weighted by Crippen LogP contribution is 2.39. The number of nitrogens with one attached hydrogen (secondary N) is 1. The normalized spacial score (nSPS) is 32.9. The second kappa shape index (κ2) is 4.52. The van der Waals surface area contributed by atoms with Crippen LogP contribution in [0.3, 0.4) is 0 Å². The van der Waals surface area contributed by atoms with Gasteiger partial charge in [-0.25, -0.2) is 4.79 Å². The molecule has 0 radical (unpaired) electrons. The van der Waals surface area contributed by atoms with Crippen LogP contribution < -0.4 is 11.2 Å². The van der Waals surface area contributed by atoms with Gasteiger partial charge in [-0.3, -0.25) is 14.3 Å². The Morgan fingerprint density at radius 3 is 2.88 bits per heavy atom. The Kier molecular flexibility index (Phi) is 3.39. The zero-order valence-electron chi connectivity index (χ0n) is 8.67. The first-order chi connectivity index (χ1) is 7.96. The third-order valence-electron chi connectivity index (χ3n) is 2.59. The van der Waals surface area contributed by atoms with Crippen molar-refractivity contribution in [3.05, 3.63) is 33.1 Å². The molecule has 1 unspecified atom stereocenters. The standard InChI is InChI=1S/C9H11IN2O5/c10-9(3-5(14)6(4-13)17-9)12-2-1-7(15)11-8(12)16/h1-2,5-6,13-14H,3-4H2,(H,11,15,16)/t5-,6+,9?/m0/s1. The first-order valence-electron chi connectivity index (χ1n) is 4.94. The van der Waals surface area contributed by atoms with Gasteiger partial charge in [-0.1, -0.05) is 0 Å². The molecule has 3 atom stereocenters. The number of aliphatic hydroxyl groups is 2. The van der Waals surface area contributed by atoms with Crippen molar-refractivity contribution in [2.75, 3.05) is 6.61 Å². The van der Waals surface area contributed by atoms with E-state index in [0.717, 1.165) is 0 Å². The maximum atomic E-state index is 11.6. The Morgan fingerprint density at radius 2 is 2.35 bits per heavy atom. The lowest BCUT2D eigenvalue weighted by Crippen LogP contribution is -2.40. The van der Waals surface area contributed by atoms with Crippen LogP contribution >= 0.6 is 22.6 Å². The number of aromatic nitrogens is 2. The summed E-state index contributed by atoms with van der Waals surface area (Å²) in [6, 6.07) is 1.20. The molecule has 1 aromatic rings. The number of H-pyrrole nitrogens is 1. The minimum atomic E-state index is -1.09.